The molecule has 1 unspecified atom stereocenters. The van der Waals surface area contributed by atoms with Gasteiger partial charge in [0.1, 0.15) is 22.7 Å². The lowest BCUT2D eigenvalue weighted by molar-refractivity contribution is -0.128. The van der Waals surface area contributed by atoms with Gasteiger partial charge >= 0.3 is 0 Å². The molecular weight excluding hydrogens is 430 g/mol. The Morgan fingerprint density at radius 2 is 1.87 bits per heavy atom. The maximum absolute atomic E-state index is 12.5. The van der Waals surface area contributed by atoms with Crippen LogP contribution in [0.15, 0.2) is 4.99 Å². The fourth-order valence-electron chi connectivity index (χ4n) is 4.19. The van der Waals surface area contributed by atoms with Crippen molar-refractivity contribution < 1.29 is 4.79 Å². The van der Waals surface area contributed by atoms with E-state index in [-0.39, 0.29) is 29.6 Å². The molecule has 8 heteroatoms. The first-order chi connectivity index (χ1) is 14.4. The Kier molecular flexibility index (Phi) is 6.96. The first kappa shape index (κ1) is 23.9. The first-order valence-corrected chi connectivity index (χ1v) is 12.2. The third-order valence-corrected chi connectivity index (χ3v) is 7.82. The van der Waals surface area contributed by atoms with Gasteiger partial charge in [0.05, 0.1) is 0 Å². The average Bonchev–Trinajstić information content (AvgIpc) is 2.88. The van der Waals surface area contributed by atoms with Gasteiger partial charge in [-0.05, 0) is 52.0 Å². The lowest BCUT2D eigenvalue weighted by atomic mass is 9.82. The van der Waals surface area contributed by atoms with Crippen molar-refractivity contribution in [2.75, 3.05) is 11.4 Å². The second kappa shape index (κ2) is 9.02. The largest absolute Gasteiger partial charge is 0.353 e. The Bertz CT molecular complexity index is 921. The van der Waals surface area contributed by atoms with Gasteiger partial charge in [0.25, 0.3) is 0 Å². The Morgan fingerprint density at radius 3 is 2.42 bits per heavy atom. The number of thiophene rings is 1. The summed E-state index contributed by atoms with van der Waals surface area (Å²) in [6.45, 7) is 11.8. The van der Waals surface area contributed by atoms with E-state index < -0.39 is 11.5 Å². The molecule has 1 aliphatic carbocycles. The van der Waals surface area contributed by atoms with Crippen LogP contribution in [0.2, 0.25) is 0 Å². The van der Waals surface area contributed by atoms with Gasteiger partial charge < -0.3 is 5.32 Å². The van der Waals surface area contributed by atoms with Crippen molar-refractivity contribution in [1.82, 2.24) is 5.32 Å². The van der Waals surface area contributed by atoms with E-state index in [1.54, 1.807) is 23.2 Å². The van der Waals surface area contributed by atoms with E-state index >= 15 is 0 Å². The van der Waals surface area contributed by atoms with Gasteiger partial charge in [-0.2, -0.15) is 0 Å². The van der Waals surface area contributed by atoms with Gasteiger partial charge in [0, 0.05) is 39.4 Å². The minimum atomic E-state index is -0.533. The molecule has 0 aromatic carbocycles. The van der Waals surface area contributed by atoms with Crippen LogP contribution < -0.4 is 10.2 Å². The molecule has 1 aromatic rings. The molecule has 1 amide bonds. The summed E-state index contributed by atoms with van der Waals surface area (Å²) < 4.78 is 0. The summed E-state index contributed by atoms with van der Waals surface area (Å²) in [5, 5.41) is 21.4. The molecule has 0 radical (unpaired) electrons. The number of fused-ring (bicyclic) bond motifs is 1. The molecule has 3 rings (SSSR count). The van der Waals surface area contributed by atoms with Crippen LogP contribution in [0.4, 0.5) is 5.00 Å². The number of aryl methyl sites for hydroxylation is 1. The second-order valence-electron chi connectivity index (χ2n) is 9.71. The SMILES string of the molecule is CC(=N)N1C(=N)C(CNC(=O)C(C)(C)C)N=C(C2CCC(Cl)CC2)c2c1sc(C)c2C. The van der Waals surface area contributed by atoms with Crippen molar-refractivity contribution >= 4 is 51.2 Å². The van der Waals surface area contributed by atoms with Crippen LogP contribution in [0.1, 0.15) is 69.4 Å². The van der Waals surface area contributed by atoms with E-state index in [4.69, 9.17) is 27.4 Å². The zero-order valence-electron chi connectivity index (χ0n) is 19.4. The number of rotatable bonds is 3. The fraction of sp³-hybridized carbons (Fsp3) is 0.652. The van der Waals surface area contributed by atoms with Crippen molar-refractivity contribution in [3.63, 3.8) is 0 Å². The lowest BCUT2D eigenvalue weighted by Gasteiger charge is -2.27. The Balaban J connectivity index is 2.07. The standard InChI is InChI=1S/C23H34ClN5OS/c1-12-13(2)31-21-18(12)19(15-7-9-16(24)10-8-15)28-17(20(26)29(21)14(3)25)11-27-22(30)23(4,5)6/h15-17,25-26H,7-11H2,1-6H3,(H,27,30). The minimum Gasteiger partial charge on any atom is -0.353 e. The molecule has 31 heavy (non-hydrogen) atoms. The first-order valence-electron chi connectivity index (χ1n) is 11.0. The Hall–Kier alpha value is -1.73. The normalized spacial score (nSPS) is 24.4. The quantitative estimate of drug-likeness (QED) is 0.323. The van der Waals surface area contributed by atoms with Crippen molar-refractivity contribution in [2.24, 2.45) is 16.3 Å². The maximum atomic E-state index is 12.5. The number of carbonyl (C=O) groups excluding carboxylic acids is 1. The molecule has 1 fully saturated rings. The monoisotopic (exact) mass is 463 g/mol. The number of halogens is 1. The number of amidine groups is 2. The Morgan fingerprint density at radius 1 is 1.26 bits per heavy atom. The van der Waals surface area contributed by atoms with Crippen molar-refractivity contribution in [2.45, 2.75) is 78.6 Å². The van der Waals surface area contributed by atoms with E-state index in [9.17, 15) is 4.79 Å². The van der Waals surface area contributed by atoms with Crippen LogP contribution >= 0.6 is 22.9 Å². The molecule has 1 saturated carbocycles. The van der Waals surface area contributed by atoms with E-state index in [2.05, 4.69) is 19.2 Å². The third kappa shape index (κ3) is 4.87. The summed E-state index contributed by atoms with van der Waals surface area (Å²) in [6, 6.07) is -0.533. The molecule has 2 aliphatic rings. The summed E-state index contributed by atoms with van der Waals surface area (Å²) in [7, 11) is 0. The summed E-state index contributed by atoms with van der Waals surface area (Å²) in [5.41, 5.74) is 2.75. The minimum absolute atomic E-state index is 0.0659. The van der Waals surface area contributed by atoms with Gasteiger partial charge in [-0.3, -0.25) is 25.5 Å². The number of hydrogen-bond donors (Lipinski definition) is 3. The number of carbonyl (C=O) groups is 1. The van der Waals surface area contributed by atoms with Gasteiger partial charge in [-0.1, -0.05) is 20.8 Å². The van der Waals surface area contributed by atoms with Crippen molar-refractivity contribution in [3.05, 3.63) is 16.0 Å². The predicted molar refractivity (Wildman–Crippen MR) is 132 cm³/mol. The number of amides is 1. The van der Waals surface area contributed by atoms with Gasteiger partial charge in [-0.15, -0.1) is 22.9 Å². The van der Waals surface area contributed by atoms with Crippen LogP contribution in [0.25, 0.3) is 0 Å². The number of aliphatic imine (C=N–C) groups is 1. The van der Waals surface area contributed by atoms with E-state index in [1.807, 2.05) is 20.8 Å². The zero-order valence-corrected chi connectivity index (χ0v) is 20.9. The Labute approximate surface area is 194 Å². The topological polar surface area (TPSA) is 92.4 Å². The molecule has 3 N–H and O–H groups in total. The fourth-order valence-corrected chi connectivity index (χ4v) is 5.67. The summed E-state index contributed by atoms with van der Waals surface area (Å²) in [5.74, 6) is 0.746. The molecule has 1 atom stereocenters. The molecule has 170 valence electrons. The van der Waals surface area contributed by atoms with E-state index in [1.165, 1.54) is 10.4 Å². The second-order valence-corrected chi connectivity index (χ2v) is 11.5. The molecule has 2 heterocycles. The highest BCUT2D eigenvalue weighted by molar-refractivity contribution is 7.17. The van der Waals surface area contributed by atoms with Crippen molar-refractivity contribution in [1.29, 1.82) is 10.8 Å². The van der Waals surface area contributed by atoms with E-state index in [0.29, 0.717) is 5.84 Å². The summed E-state index contributed by atoms with van der Waals surface area (Å²) >= 11 is 8.00. The molecule has 1 aliphatic heterocycles. The number of nitrogens with zero attached hydrogens (tertiary/aromatic N) is 2. The zero-order chi connectivity index (χ0) is 23.1. The third-order valence-electron chi connectivity index (χ3n) is 6.19. The average molecular weight is 464 g/mol. The molecule has 0 spiro atoms. The van der Waals surface area contributed by atoms with Crippen LogP contribution in [-0.4, -0.2) is 41.3 Å². The van der Waals surface area contributed by atoms with Crippen LogP contribution in [-0.2, 0) is 4.79 Å². The van der Waals surface area contributed by atoms with Crippen LogP contribution in [0, 0.1) is 36.0 Å². The molecular formula is C23H34ClN5OS. The highest BCUT2D eigenvalue weighted by atomic mass is 35.5. The van der Waals surface area contributed by atoms with Crippen molar-refractivity contribution in [3.8, 4) is 0 Å². The lowest BCUT2D eigenvalue weighted by Crippen LogP contribution is -2.46. The van der Waals surface area contributed by atoms with Gasteiger partial charge in [-0.25, -0.2) is 0 Å². The maximum Gasteiger partial charge on any atom is 0.225 e. The molecule has 0 bridgehead atoms. The summed E-state index contributed by atoms with van der Waals surface area (Å²) in [4.78, 5) is 20.5. The summed E-state index contributed by atoms with van der Waals surface area (Å²) in [6.07, 6.45) is 3.86. The number of nitrogens with one attached hydrogen (secondary N) is 3. The highest BCUT2D eigenvalue weighted by Crippen LogP contribution is 2.42. The van der Waals surface area contributed by atoms with Gasteiger partial charge in [0.2, 0.25) is 5.91 Å². The molecule has 1 aromatic heterocycles. The van der Waals surface area contributed by atoms with E-state index in [0.717, 1.165) is 42.0 Å². The molecule has 6 nitrogen and oxygen atoms in total. The predicted octanol–water partition coefficient (Wildman–Crippen LogP) is 5.28. The smallest absolute Gasteiger partial charge is 0.225 e. The van der Waals surface area contributed by atoms with Crippen LogP contribution in [0.5, 0.6) is 0 Å². The van der Waals surface area contributed by atoms with Gasteiger partial charge in [0.15, 0.2) is 0 Å². The number of alkyl halides is 1. The molecule has 0 saturated heterocycles. The number of anilines is 1. The van der Waals surface area contributed by atoms with Crippen LogP contribution in [0.3, 0.4) is 0 Å². The number of hydrogen-bond acceptors (Lipinski definition) is 5. The highest BCUT2D eigenvalue weighted by Gasteiger charge is 2.37.